The Morgan fingerprint density at radius 1 is 0.970 bits per heavy atom. The van der Waals surface area contributed by atoms with Gasteiger partial charge in [0.2, 0.25) is 5.91 Å². The SMILES string of the molecule is CN1CCN(C(=O)CCNC2CCN(c3cccc(-c4cc5ccccc5[nH]4)c3)CC2)CC1. The molecule has 3 heterocycles. The van der Waals surface area contributed by atoms with Crippen molar-refractivity contribution in [2.24, 2.45) is 0 Å². The first-order chi connectivity index (χ1) is 16.2. The van der Waals surface area contributed by atoms with Gasteiger partial charge in [0, 0.05) is 80.6 Å². The van der Waals surface area contributed by atoms with Gasteiger partial charge in [-0.3, -0.25) is 4.79 Å². The molecule has 2 aromatic carbocycles. The summed E-state index contributed by atoms with van der Waals surface area (Å²) in [5.74, 6) is 0.293. The van der Waals surface area contributed by atoms with E-state index in [1.54, 1.807) is 0 Å². The fraction of sp³-hybridized carbons (Fsp3) is 0.444. The Hall–Kier alpha value is -2.83. The van der Waals surface area contributed by atoms with Crippen molar-refractivity contribution in [2.75, 3.05) is 57.8 Å². The third-order valence-corrected chi connectivity index (χ3v) is 7.18. The molecule has 0 unspecified atom stereocenters. The van der Waals surface area contributed by atoms with E-state index >= 15 is 0 Å². The maximum absolute atomic E-state index is 12.4. The van der Waals surface area contributed by atoms with Gasteiger partial charge >= 0.3 is 0 Å². The molecule has 0 spiro atoms. The minimum Gasteiger partial charge on any atom is -0.371 e. The van der Waals surface area contributed by atoms with E-state index in [2.05, 4.69) is 81.7 Å². The number of piperazine rings is 1. The Kier molecular flexibility index (Phi) is 6.65. The molecule has 2 saturated heterocycles. The Morgan fingerprint density at radius 2 is 1.76 bits per heavy atom. The minimum absolute atomic E-state index is 0.293. The number of H-pyrrole nitrogens is 1. The minimum atomic E-state index is 0.293. The molecule has 0 radical (unpaired) electrons. The van der Waals surface area contributed by atoms with Crippen LogP contribution in [0.2, 0.25) is 0 Å². The summed E-state index contributed by atoms with van der Waals surface area (Å²) in [4.78, 5) is 22.8. The molecule has 0 saturated carbocycles. The van der Waals surface area contributed by atoms with E-state index in [1.165, 1.54) is 27.8 Å². The van der Waals surface area contributed by atoms with Crippen LogP contribution in [0.1, 0.15) is 19.3 Å². The standard InChI is InChI=1S/C27H35N5O/c1-30-15-17-32(18-16-30)27(33)9-12-28-23-10-13-31(14-11-23)24-7-4-6-21(19-24)26-20-22-5-2-3-8-25(22)29-26/h2-8,19-20,23,28-29H,9-18H2,1H3. The number of anilines is 1. The summed E-state index contributed by atoms with van der Waals surface area (Å²) in [5.41, 5.74) is 4.86. The number of piperidine rings is 1. The summed E-state index contributed by atoms with van der Waals surface area (Å²) in [5, 5.41) is 4.88. The number of carbonyl (C=O) groups excluding carboxylic acids is 1. The second kappa shape index (κ2) is 9.98. The highest BCUT2D eigenvalue weighted by Gasteiger charge is 2.21. The lowest BCUT2D eigenvalue weighted by Crippen LogP contribution is -2.48. The van der Waals surface area contributed by atoms with Gasteiger partial charge in [-0.1, -0.05) is 30.3 Å². The predicted molar refractivity (Wildman–Crippen MR) is 136 cm³/mol. The number of amides is 1. The van der Waals surface area contributed by atoms with Crippen LogP contribution in [0.5, 0.6) is 0 Å². The summed E-state index contributed by atoms with van der Waals surface area (Å²) in [6.45, 7) is 6.57. The molecule has 33 heavy (non-hydrogen) atoms. The van der Waals surface area contributed by atoms with Crippen molar-refractivity contribution in [2.45, 2.75) is 25.3 Å². The second-order valence-electron chi connectivity index (χ2n) is 9.47. The quantitative estimate of drug-likeness (QED) is 0.609. The Labute approximate surface area is 196 Å². The molecule has 0 bridgehead atoms. The van der Waals surface area contributed by atoms with E-state index in [0.717, 1.165) is 58.7 Å². The van der Waals surface area contributed by atoms with Crippen LogP contribution in [-0.4, -0.2) is 79.6 Å². The summed E-state index contributed by atoms with van der Waals surface area (Å²) in [6, 6.07) is 20.0. The van der Waals surface area contributed by atoms with Crippen LogP contribution >= 0.6 is 0 Å². The lowest BCUT2D eigenvalue weighted by atomic mass is 10.0. The number of aromatic nitrogens is 1. The van der Waals surface area contributed by atoms with Gasteiger partial charge in [-0.15, -0.1) is 0 Å². The van der Waals surface area contributed by atoms with Crippen LogP contribution in [0.15, 0.2) is 54.6 Å². The molecule has 1 amide bonds. The number of para-hydroxylation sites is 1. The van der Waals surface area contributed by atoms with Crippen LogP contribution in [0, 0.1) is 0 Å². The lowest BCUT2D eigenvalue weighted by Gasteiger charge is -2.35. The lowest BCUT2D eigenvalue weighted by molar-refractivity contribution is -0.132. The molecule has 6 heteroatoms. The first kappa shape index (κ1) is 22.0. The molecule has 5 rings (SSSR count). The van der Waals surface area contributed by atoms with Crippen LogP contribution in [0.3, 0.4) is 0 Å². The Balaban J connectivity index is 1.11. The van der Waals surface area contributed by atoms with Gasteiger partial charge in [0.15, 0.2) is 0 Å². The normalized spacial score (nSPS) is 18.2. The van der Waals surface area contributed by atoms with Crippen LogP contribution in [0.4, 0.5) is 5.69 Å². The Morgan fingerprint density at radius 3 is 2.55 bits per heavy atom. The maximum Gasteiger partial charge on any atom is 0.223 e. The third kappa shape index (κ3) is 5.23. The van der Waals surface area contributed by atoms with Crippen LogP contribution < -0.4 is 10.2 Å². The van der Waals surface area contributed by atoms with Crippen molar-refractivity contribution in [3.05, 3.63) is 54.6 Å². The molecular formula is C27H35N5O. The predicted octanol–water partition coefficient (Wildman–Crippen LogP) is 3.56. The van der Waals surface area contributed by atoms with Gasteiger partial charge < -0.3 is 25.0 Å². The second-order valence-corrected chi connectivity index (χ2v) is 9.47. The third-order valence-electron chi connectivity index (χ3n) is 7.18. The molecule has 2 aliphatic rings. The number of rotatable bonds is 6. The molecule has 2 aliphatic heterocycles. The molecule has 174 valence electrons. The van der Waals surface area contributed by atoms with E-state index < -0.39 is 0 Å². The number of benzene rings is 2. The highest BCUT2D eigenvalue weighted by Crippen LogP contribution is 2.28. The number of aromatic amines is 1. The van der Waals surface area contributed by atoms with Crippen molar-refractivity contribution in [1.29, 1.82) is 0 Å². The molecular weight excluding hydrogens is 410 g/mol. The van der Waals surface area contributed by atoms with E-state index in [-0.39, 0.29) is 0 Å². The molecule has 0 atom stereocenters. The number of nitrogens with zero attached hydrogens (tertiary/aromatic N) is 3. The van der Waals surface area contributed by atoms with Crippen LogP contribution in [0.25, 0.3) is 22.2 Å². The van der Waals surface area contributed by atoms with E-state index in [9.17, 15) is 4.79 Å². The van der Waals surface area contributed by atoms with Crippen LogP contribution in [-0.2, 0) is 4.79 Å². The first-order valence-corrected chi connectivity index (χ1v) is 12.3. The zero-order valence-electron chi connectivity index (χ0n) is 19.6. The first-order valence-electron chi connectivity index (χ1n) is 12.3. The number of hydrogen-bond donors (Lipinski definition) is 2. The number of nitrogens with one attached hydrogen (secondary N) is 2. The molecule has 2 fully saturated rings. The van der Waals surface area contributed by atoms with Crippen molar-refractivity contribution in [3.63, 3.8) is 0 Å². The van der Waals surface area contributed by atoms with Gasteiger partial charge in [-0.05, 0) is 49.7 Å². The van der Waals surface area contributed by atoms with Gasteiger partial charge in [-0.25, -0.2) is 0 Å². The number of fused-ring (bicyclic) bond motifs is 1. The molecule has 3 aromatic rings. The largest absolute Gasteiger partial charge is 0.371 e. The summed E-state index contributed by atoms with van der Waals surface area (Å²) in [6.07, 6.45) is 2.83. The van der Waals surface area contributed by atoms with Gasteiger partial charge in [-0.2, -0.15) is 0 Å². The van der Waals surface area contributed by atoms with Crippen molar-refractivity contribution in [1.82, 2.24) is 20.1 Å². The van der Waals surface area contributed by atoms with Gasteiger partial charge in [0.25, 0.3) is 0 Å². The van der Waals surface area contributed by atoms with Gasteiger partial charge in [0.05, 0.1) is 0 Å². The molecule has 6 nitrogen and oxygen atoms in total. The average Bonchev–Trinajstić information content (AvgIpc) is 3.29. The van der Waals surface area contributed by atoms with E-state index in [1.807, 2.05) is 4.90 Å². The zero-order valence-corrected chi connectivity index (χ0v) is 19.6. The van der Waals surface area contributed by atoms with E-state index in [4.69, 9.17) is 0 Å². The zero-order chi connectivity index (χ0) is 22.6. The fourth-order valence-corrected chi connectivity index (χ4v) is 5.04. The van der Waals surface area contributed by atoms with Crippen molar-refractivity contribution in [3.8, 4) is 11.3 Å². The fourth-order valence-electron chi connectivity index (χ4n) is 5.04. The number of hydrogen-bond acceptors (Lipinski definition) is 4. The topological polar surface area (TPSA) is 54.6 Å². The maximum atomic E-state index is 12.4. The molecule has 2 N–H and O–H groups in total. The highest BCUT2D eigenvalue weighted by atomic mass is 16.2. The summed E-state index contributed by atoms with van der Waals surface area (Å²) >= 11 is 0. The highest BCUT2D eigenvalue weighted by molar-refractivity contribution is 5.86. The Bertz CT molecular complexity index is 1040. The number of likely N-dealkylation sites (N-methyl/N-ethyl adjacent to an activating group) is 1. The van der Waals surface area contributed by atoms with Crippen molar-refractivity contribution >= 4 is 22.5 Å². The monoisotopic (exact) mass is 445 g/mol. The average molecular weight is 446 g/mol. The van der Waals surface area contributed by atoms with Crippen molar-refractivity contribution < 1.29 is 4.79 Å². The van der Waals surface area contributed by atoms with E-state index in [0.29, 0.717) is 18.4 Å². The molecule has 0 aliphatic carbocycles. The smallest absolute Gasteiger partial charge is 0.223 e. The van der Waals surface area contributed by atoms with Gasteiger partial charge in [0.1, 0.15) is 0 Å². The number of carbonyl (C=O) groups is 1. The summed E-state index contributed by atoms with van der Waals surface area (Å²) < 4.78 is 0. The molecule has 1 aromatic heterocycles. The summed E-state index contributed by atoms with van der Waals surface area (Å²) in [7, 11) is 2.12.